The van der Waals surface area contributed by atoms with Gasteiger partial charge in [-0.2, -0.15) is 0 Å². The van der Waals surface area contributed by atoms with Gasteiger partial charge in [0.1, 0.15) is 0 Å². The van der Waals surface area contributed by atoms with Crippen LogP contribution in [0, 0.1) is 23.2 Å². The SMILES string of the molecule is CCCC(C)CC(C)(C)C1CC1C. The number of hydrogen-bond donors (Lipinski definition) is 0. The maximum Gasteiger partial charge on any atom is -0.0321 e. The van der Waals surface area contributed by atoms with Crippen LogP contribution in [-0.2, 0) is 0 Å². The molecule has 78 valence electrons. The van der Waals surface area contributed by atoms with Crippen LogP contribution in [0.25, 0.3) is 0 Å². The predicted octanol–water partition coefficient (Wildman–Crippen LogP) is 4.49. The van der Waals surface area contributed by atoms with Crippen molar-refractivity contribution in [2.45, 2.75) is 60.3 Å². The molecule has 0 aromatic rings. The van der Waals surface area contributed by atoms with Crippen LogP contribution in [0.4, 0.5) is 0 Å². The molecule has 0 nitrogen and oxygen atoms in total. The summed E-state index contributed by atoms with van der Waals surface area (Å²) in [5.74, 6) is 2.95. The predicted molar refractivity (Wildman–Crippen MR) is 59.7 cm³/mol. The number of rotatable bonds is 5. The first kappa shape index (κ1) is 11.1. The third-order valence-electron chi connectivity index (χ3n) is 3.77. The average Bonchev–Trinajstić information content (AvgIpc) is 2.66. The van der Waals surface area contributed by atoms with Crippen molar-refractivity contribution < 1.29 is 0 Å². The van der Waals surface area contributed by atoms with E-state index >= 15 is 0 Å². The van der Waals surface area contributed by atoms with E-state index in [-0.39, 0.29) is 0 Å². The fourth-order valence-corrected chi connectivity index (χ4v) is 3.06. The molecule has 1 aliphatic carbocycles. The Hall–Kier alpha value is 0. The van der Waals surface area contributed by atoms with Crippen molar-refractivity contribution in [3.8, 4) is 0 Å². The zero-order chi connectivity index (χ0) is 10.1. The molecule has 0 aromatic carbocycles. The van der Waals surface area contributed by atoms with Crippen LogP contribution in [0.15, 0.2) is 0 Å². The first-order valence-electron chi connectivity index (χ1n) is 5.97. The maximum absolute atomic E-state index is 2.47. The summed E-state index contributed by atoms with van der Waals surface area (Å²) in [6, 6.07) is 0. The Balaban J connectivity index is 2.33. The van der Waals surface area contributed by atoms with Crippen LogP contribution >= 0.6 is 0 Å². The summed E-state index contributed by atoms with van der Waals surface area (Å²) in [7, 11) is 0. The van der Waals surface area contributed by atoms with Gasteiger partial charge in [-0.1, -0.05) is 47.5 Å². The third kappa shape index (κ3) is 3.00. The van der Waals surface area contributed by atoms with Gasteiger partial charge in [-0.25, -0.2) is 0 Å². The van der Waals surface area contributed by atoms with Crippen molar-refractivity contribution in [1.29, 1.82) is 0 Å². The molecule has 0 aliphatic heterocycles. The monoisotopic (exact) mass is 182 g/mol. The Morgan fingerprint density at radius 1 is 1.38 bits per heavy atom. The van der Waals surface area contributed by atoms with Crippen LogP contribution in [0.2, 0.25) is 0 Å². The summed E-state index contributed by atoms with van der Waals surface area (Å²) in [6.07, 6.45) is 5.66. The Kier molecular flexibility index (Phi) is 3.43. The standard InChI is InChI=1S/C13H26/c1-6-7-10(2)9-13(4,5)12-8-11(12)3/h10-12H,6-9H2,1-5H3. The summed E-state index contributed by atoms with van der Waals surface area (Å²) in [6.45, 7) is 12.0. The van der Waals surface area contributed by atoms with E-state index in [2.05, 4.69) is 34.6 Å². The van der Waals surface area contributed by atoms with Gasteiger partial charge in [0.2, 0.25) is 0 Å². The molecule has 0 amide bonds. The molecular weight excluding hydrogens is 156 g/mol. The van der Waals surface area contributed by atoms with Crippen LogP contribution < -0.4 is 0 Å². The van der Waals surface area contributed by atoms with Crippen LogP contribution in [0.5, 0.6) is 0 Å². The first-order valence-corrected chi connectivity index (χ1v) is 5.97. The van der Waals surface area contributed by atoms with Crippen LogP contribution in [0.1, 0.15) is 60.3 Å². The van der Waals surface area contributed by atoms with Gasteiger partial charge in [0, 0.05) is 0 Å². The van der Waals surface area contributed by atoms with E-state index in [1.165, 1.54) is 25.7 Å². The lowest BCUT2D eigenvalue weighted by molar-refractivity contribution is 0.221. The number of hydrogen-bond acceptors (Lipinski definition) is 0. The minimum atomic E-state index is 0.605. The van der Waals surface area contributed by atoms with Gasteiger partial charge in [0.15, 0.2) is 0 Å². The molecule has 0 heteroatoms. The molecule has 0 spiro atoms. The molecule has 3 atom stereocenters. The first-order chi connectivity index (χ1) is 5.97. The summed E-state index contributed by atoms with van der Waals surface area (Å²) in [5, 5.41) is 0. The van der Waals surface area contributed by atoms with Crippen molar-refractivity contribution in [1.82, 2.24) is 0 Å². The van der Waals surface area contributed by atoms with Crippen molar-refractivity contribution in [2.24, 2.45) is 23.2 Å². The summed E-state index contributed by atoms with van der Waals surface area (Å²) >= 11 is 0. The summed E-state index contributed by atoms with van der Waals surface area (Å²) in [5.41, 5.74) is 0.605. The molecule has 1 fully saturated rings. The quantitative estimate of drug-likeness (QED) is 0.587. The van der Waals surface area contributed by atoms with E-state index in [9.17, 15) is 0 Å². The fraction of sp³-hybridized carbons (Fsp3) is 1.00. The molecule has 1 rings (SSSR count). The van der Waals surface area contributed by atoms with Gasteiger partial charge in [-0.3, -0.25) is 0 Å². The molecule has 0 N–H and O–H groups in total. The highest BCUT2D eigenvalue weighted by Crippen LogP contribution is 2.53. The molecule has 3 unspecified atom stereocenters. The zero-order valence-corrected chi connectivity index (χ0v) is 10.1. The highest BCUT2D eigenvalue weighted by atomic mass is 14.5. The zero-order valence-electron chi connectivity index (χ0n) is 10.1. The second-order valence-corrected chi connectivity index (χ2v) is 5.91. The van der Waals surface area contributed by atoms with Crippen molar-refractivity contribution in [2.75, 3.05) is 0 Å². The average molecular weight is 182 g/mol. The molecule has 0 bridgehead atoms. The summed E-state index contributed by atoms with van der Waals surface area (Å²) < 4.78 is 0. The highest BCUT2D eigenvalue weighted by molar-refractivity contribution is 4.94. The lowest BCUT2D eigenvalue weighted by Crippen LogP contribution is -2.19. The summed E-state index contributed by atoms with van der Waals surface area (Å²) in [4.78, 5) is 0. The van der Waals surface area contributed by atoms with Gasteiger partial charge >= 0.3 is 0 Å². The molecule has 13 heavy (non-hydrogen) atoms. The Morgan fingerprint density at radius 2 is 1.92 bits per heavy atom. The second kappa shape index (κ2) is 4.02. The maximum atomic E-state index is 2.47. The van der Waals surface area contributed by atoms with Crippen LogP contribution in [-0.4, -0.2) is 0 Å². The fourth-order valence-electron chi connectivity index (χ4n) is 3.06. The molecule has 1 aliphatic rings. The minimum absolute atomic E-state index is 0.605. The normalized spacial score (nSPS) is 30.2. The molecule has 0 aromatic heterocycles. The Bertz CT molecular complexity index is 157. The van der Waals surface area contributed by atoms with Gasteiger partial charge in [-0.05, 0) is 36.0 Å². The molecular formula is C13H26. The van der Waals surface area contributed by atoms with E-state index in [1.54, 1.807) is 0 Å². The third-order valence-corrected chi connectivity index (χ3v) is 3.77. The lowest BCUT2D eigenvalue weighted by Gasteiger charge is -2.28. The van der Waals surface area contributed by atoms with Crippen molar-refractivity contribution in [3.63, 3.8) is 0 Å². The second-order valence-electron chi connectivity index (χ2n) is 5.91. The van der Waals surface area contributed by atoms with E-state index in [1.807, 2.05) is 0 Å². The topological polar surface area (TPSA) is 0 Å². The highest BCUT2D eigenvalue weighted by Gasteiger charge is 2.44. The van der Waals surface area contributed by atoms with E-state index in [0.29, 0.717) is 5.41 Å². The molecule has 1 saturated carbocycles. The largest absolute Gasteiger partial charge is 0.0654 e. The molecule has 0 heterocycles. The van der Waals surface area contributed by atoms with Gasteiger partial charge in [0.05, 0.1) is 0 Å². The molecule has 0 saturated heterocycles. The van der Waals surface area contributed by atoms with E-state index in [0.717, 1.165) is 17.8 Å². The van der Waals surface area contributed by atoms with Crippen molar-refractivity contribution in [3.05, 3.63) is 0 Å². The van der Waals surface area contributed by atoms with E-state index in [4.69, 9.17) is 0 Å². The van der Waals surface area contributed by atoms with Gasteiger partial charge in [-0.15, -0.1) is 0 Å². The smallest absolute Gasteiger partial charge is 0.0321 e. The van der Waals surface area contributed by atoms with Crippen molar-refractivity contribution >= 4 is 0 Å². The molecule has 0 radical (unpaired) electrons. The van der Waals surface area contributed by atoms with Gasteiger partial charge < -0.3 is 0 Å². The minimum Gasteiger partial charge on any atom is -0.0654 e. The van der Waals surface area contributed by atoms with Gasteiger partial charge in [0.25, 0.3) is 0 Å². The van der Waals surface area contributed by atoms with E-state index < -0.39 is 0 Å². The lowest BCUT2D eigenvalue weighted by atomic mass is 9.77. The Labute approximate surface area is 84.1 Å². The van der Waals surface area contributed by atoms with Crippen LogP contribution in [0.3, 0.4) is 0 Å². The Morgan fingerprint density at radius 3 is 2.31 bits per heavy atom.